The molecule has 0 saturated carbocycles. The molecule has 0 aliphatic carbocycles. The van der Waals surface area contributed by atoms with Gasteiger partial charge in [-0.3, -0.25) is 0 Å². The molecule has 82 valence electrons. The van der Waals surface area contributed by atoms with E-state index in [9.17, 15) is 0 Å². The smallest absolute Gasteiger partial charge is 0.0755 e. The summed E-state index contributed by atoms with van der Waals surface area (Å²) in [7, 11) is 0. The van der Waals surface area contributed by atoms with Crippen LogP contribution in [0.3, 0.4) is 0 Å². The summed E-state index contributed by atoms with van der Waals surface area (Å²) >= 11 is 3.15. The highest BCUT2D eigenvalue weighted by Crippen LogP contribution is 2.04. The zero-order valence-electron chi connectivity index (χ0n) is 8.93. The van der Waals surface area contributed by atoms with Crippen molar-refractivity contribution >= 4 is 22.9 Å². The van der Waals surface area contributed by atoms with E-state index in [-0.39, 0.29) is 0 Å². The van der Waals surface area contributed by atoms with Crippen molar-refractivity contribution in [3.05, 3.63) is 34.0 Å². The van der Waals surface area contributed by atoms with E-state index in [2.05, 4.69) is 16.5 Å². The predicted molar refractivity (Wildman–Crippen MR) is 67.5 cm³/mol. The third kappa shape index (κ3) is 6.36. The van der Waals surface area contributed by atoms with E-state index >= 15 is 0 Å². The molecule has 0 bridgehead atoms. The van der Waals surface area contributed by atoms with Gasteiger partial charge in [-0.2, -0.15) is 11.3 Å². The highest BCUT2D eigenvalue weighted by Gasteiger charge is 1.93. The molecule has 0 saturated heterocycles. The topological polar surface area (TPSA) is 25.8 Å². The average Bonchev–Trinajstić information content (AvgIpc) is 2.94. The van der Waals surface area contributed by atoms with Crippen LogP contribution < -0.4 is 0 Å². The fourth-order valence-electron chi connectivity index (χ4n) is 1.08. The SMILES string of the molecule is CCCCCc1csnn1.c1ccsc1. The van der Waals surface area contributed by atoms with E-state index in [1.165, 1.54) is 30.8 Å². The Morgan fingerprint density at radius 3 is 2.47 bits per heavy atom. The molecule has 2 rings (SSSR count). The Labute approximate surface area is 99.1 Å². The Morgan fingerprint density at radius 2 is 2.00 bits per heavy atom. The van der Waals surface area contributed by atoms with Gasteiger partial charge in [0.05, 0.1) is 5.69 Å². The maximum atomic E-state index is 3.96. The molecular weight excluding hydrogens is 224 g/mol. The quantitative estimate of drug-likeness (QED) is 0.754. The van der Waals surface area contributed by atoms with Crippen LogP contribution in [-0.4, -0.2) is 9.59 Å². The number of hydrogen-bond acceptors (Lipinski definition) is 4. The molecule has 15 heavy (non-hydrogen) atoms. The molecule has 2 aromatic rings. The lowest BCUT2D eigenvalue weighted by Gasteiger charge is -1.91. The number of hydrogen-bond donors (Lipinski definition) is 0. The second-order valence-electron chi connectivity index (χ2n) is 3.15. The van der Waals surface area contributed by atoms with Gasteiger partial charge in [0.2, 0.25) is 0 Å². The van der Waals surface area contributed by atoms with Gasteiger partial charge in [-0.05, 0) is 35.1 Å². The van der Waals surface area contributed by atoms with Crippen molar-refractivity contribution in [2.45, 2.75) is 32.6 Å². The molecule has 0 unspecified atom stereocenters. The zero-order valence-corrected chi connectivity index (χ0v) is 10.6. The van der Waals surface area contributed by atoms with Crippen molar-refractivity contribution in [2.75, 3.05) is 0 Å². The van der Waals surface area contributed by atoms with Gasteiger partial charge in [0.1, 0.15) is 0 Å². The maximum absolute atomic E-state index is 3.96. The number of rotatable bonds is 4. The lowest BCUT2D eigenvalue weighted by Crippen LogP contribution is -1.84. The first kappa shape index (κ1) is 12.3. The molecule has 0 aromatic carbocycles. The third-order valence-corrected chi connectivity index (χ3v) is 3.05. The van der Waals surface area contributed by atoms with Crippen LogP contribution in [0.25, 0.3) is 0 Å². The van der Waals surface area contributed by atoms with E-state index < -0.39 is 0 Å². The van der Waals surface area contributed by atoms with Gasteiger partial charge in [-0.15, -0.1) is 5.10 Å². The number of aromatic nitrogens is 2. The molecule has 2 aromatic heterocycles. The number of nitrogens with zero attached hydrogens (tertiary/aromatic N) is 2. The van der Waals surface area contributed by atoms with Crippen molar-refractivity contribution in [2.24, 2.45) is 0 Å². The molecule has 0 fully saturated rings. The average molecular weight is 240 g/mol. The second kappa shape index (κ2) is 8.56. The van der Waals surface area contributed by atoms with Gasteiger partial charge in [0.25, 0.3) is 0 Å². The van der Waals surface area contributed by atoms with Gasteiger partial charge in [-0.1, -0.05) is 36.4 Å². The first-order valence-corrected chi connectivity index (χ1v) is 6.94. The lowest BCUT2D eigenvalue weighted by atomic mass is 10.2. The van der Waals surface area contributed by atoms with Crippen molar-refractivity contribution in [3.63, 3.8) is 0 Å². The van der Waals surface area contributed by atoms with Gasteiger partial charge in [0, 0.05) is 5.38 Å². The summed E-state index contributed by atoms with van der Waals surface area (Å²) in [5.41, 5.74) is 1.15. The van der Waals surface area contributed by atoms with Gasteiger partial charge in [0.15, 0.2) is 0 Å². The molecule has 0 aliphatic rings. The minimum Gasteiger partial charge on any atom is -0.152 e. The van der Waals surface area contributed by atoms with E-state index in [0.29, 0.717) is 0 Å². The van der Waals surface area contributed by atoms with Gasteiger partial charge < -0.3 is 0 Å². The molecule has 0 spiro atoms. The summed E-state index contributed by atoms with van der Waals surface area (Å²) in [6.45, 7) is 2.21. The molecule has 2 nitrogen and oxygen atoms in total. The van der Waals surface area contributed by atoms with Crippen LogP contribution in [-0.2, 0) is 6.42 Å². The predicted octanol–water partition coefficient (Wildman–Crippen LogP) is 4.02. The van der Waals surface area contributed by atoms with Crippen LogP contribution in [0.2, 0.25) is 0 Å². The van der Waals surface area contributed by atoms with Gasteiger partial charge in [-0.25, -0.2) is 0 Å². The van der Waals surface area contributed by atoms with Crippen molar-refractivity contribution in [1.29, 1.82) is 0 Å². The number of thiophene rings is 1. The van der Waals surface area contributed by atoms with Crippen LogP contribution in [0.5, 0.6) is 0 Å². The van der Waals surface area contributed by atoms with Crippen molar-refractivity contribution in [3.8, 4) is 0 Å². The van der Waals surface area contributed by atoms with Crippen LogP contribution in [0.4, 0.5) is 0 Å². The first-order chi connectivity index (χ1) is 7.43. The molecule has 0 aliphatic heterocycles. The molecule has 4 heteroatoms. The van der Waals surface area contributed by atoms with E-state index in [0.717, 1.165) is 12.1 Å². The Kier molecular flexibility index (Phi) is 7.04. The second-order valence-corrected chi connectivity index (χ2v) is 4.57. The normalized spacial score (nSPS) is 9.40. The summed E-state index contributed by atoms with van der Waals surface area (Å²) in [6, 6.07) is 4.04. The van der Waals surface area contributed by atoms with Crippen LogP contribution in [0.15, 0.2) is 28.3 Å². The van der Waals surface area contributed by atoms with Crippen molar-refractivity contribution < 1.29 is 0 Å². The van der Waals surface area contributed by atoms with Crippen LogP contribution >= 0.6 is 22.9 Å². The Morgan fingerprint density at radius 1 is 1.20 bits per heavy atom. The zero-order chi connectivity index (χ0) is 10.8. The minimum atomic E-state index is 1.10. The number of aryl methyl sites for hydroxylation is 1. The highest BCUT2D eigenvalue weighted by molar-refractivity contribution is 7.07. The lowest BCUT2D eigenvalue weighted by molar-refractivity contribution is 0.705. The Hall–Kier alpha value is -0.740. The summed E-state index contributed by atoms with van der Waals surface area (Å²) in [6.07, 6.45) is 4.93. The standard InChI is InChI=1S/C7H12N2S.C4H4S/c1-2-3-4-5-7-6-10-9-8-7;1-2-4-5-3-1/h6H,2-5H2,1H3;1-4H. The maximum Gasteiger partial charge on any atom is 0.0755 e. The van der Waals surface area contributed by atoms with E-state index in [1.54, 1.807) is 11.3 Å². The summed E-state index contributed by atoms with van der Waals surface area (Å²) in [5.74, 6) is 0. The largest absolute Gasteiger partial charge is 0.152 e. The number of unbranched alkanes of at least 4 members (excludes halogenated alkanes) is 2. The monoisotopic (exact) mass is 240 g/mol. The summed E-state index contributed by atoms with van der Waals surface area (Å²) in [5, 5.41) is 10.1. The molecule has 0 N–H and O–H groups in total. The molecule has 0 atom stereocenters. The van der Waals surface area contributed by atoms with Gasteiger partial charge >= 0.3 is 0 Å². The van der Waals surface area contributed by atoms with Crippen LogP contribution in [0.1, 0.15) is 31.9 Å². The molecule has 2 heterocycles. The summed E-state index contributed by atoms with van der Waals surface area (Å²) in [4.78, 5) is 0. The fourth-order valence-corrected chi connectivity index (χ4v) is 2.02. The summed E-state index contributed by atoms with van der Waals surface area (Å²) < 4.78 is 3.79. The molecule has 0 radical (unpaired) electrons. The first-order valence-electron chi connectivity index (χ1n) is 5.16. The third-order valence-electron chi connectivity index (χ3n) is 1.87. The Balaban J connectivity index is 0.000000187. The minimum absolute atomic E-state index is 1.10. The fraction of sp³-hybridized carbons (Fsp3) is 0.455. The molecular formula is C11H16N2S2. The highest BCUT2D eigenvalue weighted by atomic mass is 32.1. The van der Waals surface area contributed by atoms with Crippen LogP contribution in [0, 0.1) is 0 Å². The Bertz CT molecular complexity index is 286. The van der Waals surface area contributed by atoms with Crippen molar-refractivity contribution in [1.82, 2.24) is 9.59 Å². The van der Waals surface area contributed by atoms with E-state index in [4.69, 9.17) is 0 Å². The molecule has 0 amide bonds. The van der Waals surface area contributed by atoms with E-state index in [1.807, 2.05) is 28.3 Å².